The second kappa shape index (κ2) is 3.97. The van der Waals surface area contributed by atoms with Crippen LogP contribution in [0.25, 0.3) is 0 Å². The van der Waals surface area contributed by atoms with Gasteiger partial charge in [-0.1, -0.05) is 41.5 Å². The number of aryl methyl sites for hydroxylation is 2. The molecule has 0 radical (unpaired) electrons. The highest BCUT2D eigenvalue weighted by Gasteiger charge is 2.10. The van der Waals surface area contributed by atoms with E-state index < -0.39 is 0 Å². The highest BCUT2D eigenvalue weighted by atomic mass is 14.9. The average Bonchev–Trinajstić information content (AvgIpc) is 2.18. The summed E-state index contributed by atoms with van der Waals surface area (Å²) in [7, 11) is 0. The Kier molecular flexibility index (Phi) is 2.69. The van der Waals surface area contributed by atoms with Crippen LogP contribution in [0.2, 0.25) is 0 Å². The van der Waals surface area contributed by atoms with E-state index in [-0.39, 0.29) is 0 Å². The van der Waals surface area contributed by atoms with Gasteiger partial charge < -0.3 is 5.32 Å². The van der Waals surface area contributed by atoms with Gasteiger partial charge in [-0.2, -0.15) is 0 Å². The van der Waals surface area contributed by atoms with Crippen molar-refractivity contribution in [1.82, 2.24) is 5.32 Å². The maximum atomic E-state index is 3.39. The van der Waals surface area contributed by atoms with Crippen LogP contribution in [0.3, 0.4) is 0 Å². The van der Waals surface area contributed by atoms with Gasteiger partial charge in [0.05, 0.1) is 0 Å². The first-order valence-electron chi connectivity index (χ1n) is 5.21. The van der Waals surface area contributed by atoms with Crippen LogP contribution in [0.1, 0.15) is 22.6 Å². The monoisotopic (exact) mass is 187 g/mol. The zero-order valence-corrected chi connectivity index (χ0v) is 8.88. The molecule has 1 heterocycles. The summed E-state index contributed by atoms with van der Waals surface area (Å²) in [5.74, 6) is 0.558. The lowest BCUT2D eigenvalue weighted by Gasteiger charge is -2.18. The molecule has 1 N–H and O–H groups in total. The first kappa shape index (κ1) is 9.47. The van der Waals surface area contributed by atoms with E-state index in [0.717, 1.165) is 13.1 Å². The molecule has 0 bridgehead atoms. The molecule has 74 valence electrons. The van der Waals surface area contributed by atoms with Crippen LogP contribution in [-0.4, -0.2) is 13.1 Å². The van der Waals surface area contributed by atoms with Gasteiger partial charge in [-0.25, -0.2) is 0 Å². The number of nitrogens with one attached hydrogen (secondary N) is 1. The van der Waals surface area contributed by atoms with Gasteiger partial charge in [-0.05, 0) is 19.4 Å². The van der Waals surface area contributed by atoms with Crippen molar-refractivity contribution in [1.29, 1.82) is 0 Å². The number of hydrogen-bond acceptors (Lipinski definition) is 1. The van der Waals surface area contributed by atoms with Crippen LogP contribution in [0.5, 0.6) is 0 Å². The minimum absolute atomic E-state index is 0.558. The van der Waals surface area contributed by atoms with E-state index in [9.17, 15) is 0 Å². The van der Waals surface area contributed by atoms with E-state index in [4.69, 9.17) is 0 Å². The summed E-state index contributed by atoms with van der Waals surface area (Å²) in [4.78, 5) is 0. The Labute approximate surface area is 85.8 Å². The Morgan fingerprint density at radius 2 is 1.86 bits per heavy atom. The fourth-order valence-corrected chi connectivity index (χ4v) is 2.08. The van der Waals surface area contributed by atoms with E-state index >= 15 is 0 Å². The lowest BCUT2D eigenvalue weighted by Crippen LogP contribution is -2.24. The van der Waals surface area contributed by atoms with Gasteiger partial charge in [0.15, 0.2) is 0 Å². The van der Waals surface area contributed by atoms with E-state index in [1.165, 1.54) is 16.7 Å². The van der Waals surface area contributed by atoms with Crippen molar-refractivity contribution >= 4 is 0 Å². The molecule has 0 aliphatic carbocycles. The molecule has 2 rings (SSSR count). The Hall–Kier alpha value is -1.08. The predicted molar refractivity (Wildman–Crippen MR) is 60.7 cm³/mol. The Bertz CT molecular complexity index is 332. The SMILES string of the molecule is Cc1cc(C)cc(C2C=CCNC2)c1. The minimum Gasteiger partial charge on any atom is -0.312 e. The van der Waals surface area contributed by atoms with Crippen molar-refractivity contribution < 1.29 is 0 Å². The molecule has 0 saturated heterocycles. The minimum atomic E-state index is 0.558. The first-order chi connectivity index (χ1) is 6.75. The van der Waals surface area contributed by atoms with Crippen molar-refractivity contribution in [2.75, 3.05) is 13.1 Å². The molecular formula is C13H17N. The quantitative estimate of drug-likeness (QED) is 0.666. The third-order valence-electron chi connectivity index (χ3n) is 2.67. The third-order valence-corrected chi connectivity index (χ3v) is 2.67. The average molecular weight is 187 g/mol. The summed E-state index contributed by atoms with van der Waals surface area (Å²) in [5.41, 5.74) is 4.16. The highest BCUT2D eigenvalue weighted by molar-refractivity contribution is 5.33. The lowest BCUT2D eigenvalue weighted by atomic mass is 9.94. The molecule has 1 heteroatoms. The zero-order valence-electron chi connectivity index (χ0n) is 8.88. The summed E-state index contributed by atoms with van der Waals surface area (Å²) < 4.78 is 0. The predicted octanol–water partition coefficient (Wildman–Crippen LogP) is 2.55. The molecule has 1 aromatic carbocycles. The van der Waals surface area contributed by atoms with Gasteiger partial charge in [0.25, 0.3) is 0 Å². The molecule has 0 fully saturated rings. The van der Waals surface area contributed by atoms with Crippen LogP contribution in [0.15, 0.2) is 30.4 Å². The smallest absolute Gasteiger partial charge is 0.0144 e. The molecule has 1 aliphatic rings. The lowest BCUT2D eigenvalue weighted by molar-refractivity contribution is 0.662. The Morgan fingerprint density at radius 3 is 2.43 bits per heavy atom. The molecule has 1 aromatic rings. The van der Waals surface area contributed by atoms with Gasteiger partial charge in [0, 0.05) is 19.0 Å². The van der Waals surface area contributed by atoms with E-state index in [1.54, 1.807) is 0 Å². The molecule has 0 aromatic heterocycles. The molecule has 1 nitrogen and oxygen atoms in total. The molecule has 0 amide bonds. The maximum absolute atomic E-state index is 3.39. The fraction of sp³-hybridized carbons (Fsp3) is 0.385. The normalized spacial score (nSPS) is 21.1. The zero-order chi connectivity index (χ0) is 9.97. The van der Waals surface area contributed by atoms with Crippen molar-refractivity contribution in [2.24, 2.45) is 0 Å². The van der Waals surface area contributed by atoms with Gasteiger partial charge >= 0.3 is 0 Å². The molecule has 1 aliphatic heterocycles. The van der Waals surface area contributed by atoms with Gasteiger partial charge in [-0.3, -0.25) is 0 Å². The van der Waals surface area contributed by atoms with Gasteiger partial charge in [-0.15, -0.1) is 0 Å². The number of hydrogen-bond donors (Lipinski definition) is 1. The summed E-state index contributed by atoms with van der Waals surface area (Å²) in [6.07, 6.45) is 4.52. The van der Waals surface area contributed by atoms with Crippen molar-refractivity contribution in [3.63, 3.8) is 0 Å². The molecule has 14 heavy (non-hydrogen) atoms. The second-order valence-corrected chi connectivity index (χ2v) is 4.11. The summed E-state index contributed by atoms with van der Waals surface area (Å²) in [5, 5.41) is 3.39. The van der Waals surface area contributed by atoms with Crippen LogP contribution >= 0.6 is 0 Å². The molecule has 0 spiro atoms. The van der Waals surface area contributed by atoms with Crippen molar-refractivity contribution in [3.05, 3.63) is 47.0 Å². The first-order valence-corrected chi connectivity index (χ1v) is 5.21. The van der Waals surface area contributed by atoms with E-state index in [0.29, 0.717) is 5.92 Å². The summed E-state index contributed by atoms with van der Waals surface area (Å²) in [6.45, 7) is 6.41. The molecule has 1 unspecified atom stereocenters. The van der Waals surface area contributed by atoms with Crippen molar-refractivity contribution in [2.45, 2.75) is 19.8 Å². The third kappa shape index (κ3) is 2.05. The van der Waals surface area contributed by atoms with Crippen LogP contribution in [-0.2, 0) is 0 Å². The summed E-state index contributed by atoms with van der Waals surface area (Å²) >= 11 is 0. The largest absolute Gasteiger partial charge is 0.312 e. The molecule has 0 saturated carbocycles. The highest BCUT2D eigenvalue weighted by Crippen LogP contribution is 2.21. The number of rotatable bonds is 1. The van der Waals surface area contributed by atoms with Crippen LogP contribution in [0, 0.1) is 13.8 Å². The fourth-order valence-electron chi connectivity index (χ4n) is 2.08. The van der Waals surface area contributed by atoms with Gasteiger partial charge in [0.1, 0.15) is 0 Å². The molecule has 1 atom stereocenters. The van der Waals surface area contributed by atoms with E-state index in [2.05, 4.69) is 49.5 Å². The second-order valence-electron chi connectivity index (χ2n) is 4.11. The van der Waals surface area contributed by atoms with Gasteiger partial charge in [0.2, 0.25) is 0 Å². The summed E-state index contributed by atoms with van der Waals surface area (Å²) in [6, 6.07) is 6.80. The topological polar surface area (TPSA) is 12.0 Å². The maximum Gasteiger partial charge on any atom is 0.0144 e. The standard InChI is InChI=1S/C13H17N/c1-10-6-11(2)8-13(7-10)12-4-3-5-14-9-12/h3-4,6-8,12,14H,5,9H2,1-2H3. The Morgan fingerprint density at radius 1 is 1.14 bits per heavy atom. The Balaban J connectivity index is 2.30. The van der Waals surface area contributed by atoms with Crippen molar-refractivity contribution in [3.8, 4) is 0 Å². The van der Waals surface area contributed by atoms with E-state index in [1.807, 2.05) is 0 Å². The van der Waals surface area contributed by atoms with Crippen LogP contribution in [0.4, 0.5) is 0 Å². The van der Waals surface area contributed by atoms with Crippen LogP contribution < -0.4 is 5.32 Å². The molecular weight excluding hydrogens is 170 g/mol. The number of benzene rings is 1.